The molecule has 0 saturated heterocycles. The monoisotopic (exact) mass is 335 g/mol. The first-order valence-corrected chi connectivity index (χ1v) is 9.12. The average Bonchev–Trinajstić information content (AvgIpc) is 2.83. The second kappa shape index (κ2) is 16.1. The third kappa shape index (κ3) is 12.5. The number of hydrogen-bond donors (Lipinski definition) is 0. The summed E-state index contributed by atoms with van der Waals surface area (Å²) in [5.41, 5.74) is 1.47. The molecule has 0 fully saturated rings. The maximum atomic E-state index is 7.32. The van der Waals surface area contributed by atoms with Crippen LogP contribution in [0.4, 0.5) is 0 Å². The highest BCUT2D eigenvalue weighted by Crippen LogP contribution is 2.28. The zero-order valence-corrected chi connectivity index (χ0v) is 16.5. The molecule has 0 aromatic carbocycles. The maximum absolute atomic E-state index is 7.32. The molecule has 122 valence electrons. The van der Waals surface area contributed by atoms with E-state index in [0.717, 1.165) is 0 Å². The Hall–Kier alpha value is -1.24. The van der Waals surface area contributed by atoms with Crippen molar-refractivity contribution in [1.82, 2.24) is 0 Å². The Morgan fingerprint density at radius 1 is 1.14 bits per heavy atom. The second-order valence-electron chi connectivity index (χ2n) is 4.48. The minimum atomic E-state index is 0.521. The number of thiophene rings is 1. The molecule has 0 amide bonds. The summed E-state index contributed by atoms with van der Waals surface area (Å²) in [6, 6.07) is 4.05. The van der Waals surface area contributed by atoms with Gasteiger partial charge in [0.2, 0.25) is 0 Å². The van der Waals surface area contributed by atoms with E-state index >= 15 is 0 Å². The summed E-state index contributed by atoms with van der Waals surface area (Å²) in [7, 11) is 0. The zero-order chi connectivity index (χ0) is 17.4. The molecular formula is C19H29NS2. The van der Waals surface area contributed by atoms with E-state index < -0.39 is 0 Å². The van der Waals surface area contributed by atoms with E-state index in [1.54, 1.807) is 17.8 Å². The zero-order valence-electron chi connectivity index (χ0n) is 14.9. The van der Waals surface area contributed by atoms with Gasteiger partial charge in [-0.1, -0.05) is 31.2 Å². The van der Waals surface area contributed by atoms with Gasteiger partial charge in [0.1, 0.15) is 0 Å². The Labute approximate surface area is 145 Å². The van der Waals surface area contributed by atoms with Crippen LogP contribution < -0.4 is 0 Å². The van der Waals surface area contributed by atoms with Crippen molar-refractivity contribution in [1.29, 1.82) is 5.26 Å². The number of rotatable bonds is 4. The molecule has 0 spiro atoms. The maximum Gasteiger partial charge on any atom is 0.0587 e. The van der Waals surface area contributed by atoms with E-state index in [-0.39, 0.29) is 0 Å². The van der Waals surface area contributed by atoms with Crippen LogP contribution >= 0.6 is 23.1 Å². The van der Waals surface area contributed by atoms with Crippen LogP contribution in [0.3, 0.4) is 0 Å². The quantitative estimate of drug-likeness (QED) is 0.536. The lowest BCUT2D eigenvalue weighted by Gasteiger charge is -2.04. The van der Waals surface area contributed by atoms with E-state index in [9.17, 15) is 0 Å². The van der Waals surface area contributed by atoms with E-state index in [2.05, 4.69) is 49.8 Å². The van der Waals surface area contributed by atoms with Gasteiger partial charge in [-0.25, -0.2) is 0 Å². The van der Waals surface area contributed by atoms with Crippen LogP contribution in [-0.4, -0.2) is 0 Å². The largest absolute Gasteiger partial charge is 0.199 e. The second-order valence-corrected chi connectivity index (χ2v) is 6.76. The van der Waals surface area contributed by atoms with Crippen LogP contribution in [0.5, 0.6) is 0 Å². The number of nitrogens with zero attached hydrogens (tertiary/aromatic N) is 1. The Bertz CT molecular complexity index is 498. The number of nitriles is 1. The topological polar surface area (TPSA) is 23.8 Å². The van der Waals surface area contributed by atoms with Crippen molar-refractivity contribution in [2.24, 2.45) is 0 Å². The standard InChI is InChI=1S/C13H18S2.C4H8.C2H3N/c1-5-7-14-8-6-10(2)13-9-11(3)15-12(13)4;1-3-4-2;1-2-3/h5-10H,1-4H3;3-4H,1-2H3;1H3/b7-5-,8-6+;4-3-;. The van der Waals surface area contributed by atoms with Gasteiger partial charge in [-0.05, 0) is 57.1 Å². The van der Waals surface area contributed by atoms with E-state index in [1.807, 2.05) is 44.3 Å². The van der Waals surface area contributed by atoms with Gasteiger partial charge < -0.3 is 0 Å². The fourth-order valence-electron chi connectivity index (χ4n) is 1.49. The molecule has 1 atom stereocenters. The van der Waals surface area contributed by atoms with Gasteiger partial charge in [0.05, 0.1) is 6.07 Å². The molecule has 22 heavy (non-hydrogen) atoms. The van der Waals surface area contributed by atoms with E-state index in [1.165, 1.54) is 22.2 Å². The molecule has 0 aliphatic rings. The van der Waals surface area contributed by atoms with Crippen molar-refractivity contribution in [2.75, 3.05) is 0 Å². The predicted octanol–water partition coefficient (Wildman–Crippen LogP) is 7.36. The van der Waals surface area contributed by atoms with Gasteiger partial charge in [-0.3, -0.25) is 0 Å². The van der Waals surface area contributed by atoms with Gasteiger partial charge in [0.25, 0.3) is 0 Å². The lowest BCUT2D eigenvalue weighted by atomic mass is 10.0. The molecule has 0 aliphatic carbocycles. The Balaban J connectivity index is 0. The summed E-state index contributed by atoms with van der Waals surface area (Å²) >= 11 is 3.62. The highest BCUT2D eigenvalue weighted by molar-refractivity contribution is 8.04. The van der Waals surface area contributed by atoms with Gasteiger partial charge in [0, 0.05) is 22.6 Å². The van der Waals surface area contributed by atoms with Crippen LogP contribution in [0.25, 0.3) is 0 Å². The lowest BCUT2D eigenvalue weighted by molar-refractivity contribution is 0.965. The van der Waals surface area contributed by atoms with Gasteiger partial charge in [-0.15, -0.1) is 23.1 Å². The van der Waals surface area contributed by atoms with Crippen LogP contribution in [0.2, 0.25) is 0 Å². The first kappa shape index (κ1) is 23.0. The fourth-order valence-corrected chi connectivity index (χ4v) is 3.10. The molecular weight excluding hydrogens is 306 g/mol. The highest BCUT2D eigenvalue weighted by Gasteiger charge is 2.07. The molecule has 0 aliphatic heterocycles. The molecule has 3 heteroatoms. The minimum Gasteiger partial charge on any atom is -0.199 e. The SMILES string of the molecule is C/C=C\C.C/C=C\S/C=C/C(C)c1cc(C)sc1C.CC#N. The Morgan fingerprint density at radius 3 is 2.05 bits per heavy atom. The van der Waals surface area contributed by atoms with Crippen molar-refractivity contribution >= 4 is 23.1 Å². The fraction of sp³-hybridized carbons (Fsp3) is 0.421. The minimum absolute atomic E-state index is 0.521. The third-order valence-electron chi connectivity index (χ3n) is 2.56. The van der Waals surface area contributed by atoms with Crippen LogP contribution in [0.15, 0.2) is 41.2 Å². The number of hydrogen-bond acceptors (Lipinski definition) is 3. The molecule has 1 nitrogen and oxygen atoms in total. The Morgan fingerprint density at radius 2 is 1.68 bits per heavy atom. The molecule has 1 rings (SSSR count). The van der Waals surface area contributed by atoms with E-state index in [4.69, 9.17) is 5.26 Å². The number of allylic oxidation sites excluding steroid dienone is 4. The Kier molecular flexibility index (Phi) is 16.9. The first-order valence-electron chi connectivity index (χ1n) is 7.36. The van der Waals surface area contributed by atoms with Gasteiger partial charge >= 0.3 is 0 Å². The molecule has 1 unspecified atom stereocenters. The molecule has 1 aromatic heterocycles. The summed E-state index contributed by atoms with van der Waals surface area (Å²) in [6.45, 7) is 14.1. The molecule has 1 aromatic rings. The first-order chi connectivity index (χ1) is 10.5. The summed E-state index contributed by atoms with van der Waals surface area (Å²) in [5, 5.41) is 11.6. The number of thioether (sulfide) groups is 1. The molecule has 1 heterocycles. The smallest absolute Gasteiger partial charge is 0.0587 e. The van der Waals surface area contributed by atoms with Crippen molar-refractivity contribution in [2.45, 2.75) is 54.4 Å². The van der Waals surface area contributed by atoms with Gasteiger partial charge in [-0.2, -0.15) is 5.26 Å². The normalized spacial score (nSPS) is 11.7. The van der Waals surface area contributed by atoms with Crippen LogP contribution in [0, 0.1) is 25.2 Å². The predicted molar refractivity (Wildman–Crippen MR) is 106 cm³/mol. The molecule has 0 N–H and O–H groups in total. The van der Waals surface area contributed by atoms with Crippen molar-refractivity contribution in [3.8, 4) is 6.07 Å². The third-order valence-corrected chi connectivity index (χ3v) is 4.29. The number of aryl methyl sites for hydroxylation is 2. The summed E-state index contributed by atoms with van der Waals surface area (Å²) < 4.78 is 0. The lowest BCUT2D eigenvalue weighted by Crippen LogP contribution is -1.87. The van der Waals surface area contributed by atoms with Crippen molar-refractivity contribution < 1.29 is 0 Å². The average molecular weight is 336 g/mol. The summed E-state index contributed by atoms with van der Waals surface area (Å²) in [5.74, 6) is 0.521. The molecule has 0 saturated carbocycles. The van der Waals surface area contributed by atoms with Crippen molar-refractivity contribution in [3.05, 3.63) is 56.5 Å². The van der Waals surface area contributed by atoms with Crippen molar-refractivity contribution in [3.63, 3.8) is 0 Å². The van der Waals surface area contributed by atoms with E-state index in [0.29, 0.717) is 5.92 Å². The summed E-state index contributed by atoms with van der Waals surface area (Å²) in [6.07, 6.45) is 8.32. The van der Waals surface area contributed by atoms with Gasteiger partial charge in [0.15, 0.2) is 0 Å². The van der Waals surface area contributed by atoms with Crippen LogP contribution in [-0.2, 0) is 0 Å². The highest BCUT2D eigenvalue weighted by atomic mass is 32.2. The molecule has 0 radical (unpaired) electrons. The summed E-state index contributed by atoms with van der Waals surface area (Å²) in [4.78, 5) is 2.85. The van der Waals surface area contributed by atoms with Crippen LogP contribution in [0.1, 0.15) is 55.9 Å². The molecule has 0 bridgehead atoms.